The SMILES string of the molecule is CCCCCCCc1ccc(C2CCC(C3CCC(C=C(F)C#N)CC3)CC2)cc1. The van der Waals surface area contributed by atoms with Crippen molar-refractivity contribution in [3.63, 3.8) is 0 Å². The largest absolute Gasteiger partial charge is 0.196 e. The predicted molar refractivity (Wildman–Crippen MR) is 124 cm³/mol. The lowest BCUT2D eigenvalue weighted by molar-refractivity contribution is 0.171. The molecule has 0 aliphatic heterocycles. The fourth-order valence-electron chi connectivity index (χ4n) is 5.84. The minimum Gasteiger partial charge on any atom is -0.195 e. The third-order valence-corrected chi connectivity index (χ3v) is 7.76. The van der Waals surface area contributed by atoms with Crippen molar-refractivity contribution in [2.45, 2.75) is 103 Å². The lowest BCUT2D eigenvalue weighted by Gasteiger charge is -2.37. The van der Waals surface area contributed by atoms with Gasteiger partial charge in [-0.15, -0.1) is 0 Å². The van der Waals surface area contributed by atoms with E-state index >= 15 is 0 Å². The van der Waals surface area contributed by atoms with Crippen LogP contribution in [0.1, 0.15) is 107 Å². The van der Waals surface area contributed by atoms with Gasteiger partial charge in [0.05, 0.1) is 0 Å². The molecule has 0 heterocycles. The van der Waals surface area contributed by atoms with E-state index in [4.69, 9.17) is 5.26 Å². The maximum Gasteiger partial charge on any atom is 0.196 e. The molecule has 0 spiro atoms. The van der Waals surface area contributed by atoms with Gasteiger partial charge in [-0.05, 0) is 105 Å². The molecular weight excluding hydrogens is 369 g/mol. The molecule has 0 saturated heterocycles. The van der Waals surface area contributed by atoms with Gasteiger partial charge in [0.2, 0.25) is 0 Å². The third kappa shape index (κ3) is 6.97. The monoisotopic (exact) mass is 409 g/mol. The maximum atomic E-state index is 13.2. The highest BCUT2D eigenvalue weighted by molar-refractivity contribution is 5.26. The summed E-state index contributed by atoms with van der Waals surface area (Å²) >= 11 is 0. The highest BCUT2D eigenvalue weighted by atomic mass is 19.1. The van der Waals surface area contributed by atoms with Gasteiger partial charge in [0.25, 0.3) is 0 Å². The smallest absolute Gasteiger partial charge is 0.195 e. The Bertz CT molecular complexity index is 682. The fraction of sp³-hybridized carbons (Fsp3) is 0.679. The molecule has 1 nitrogen and oxygen atoms in total. The van der Waals surface area contributed by atoms with E-state index in [2.05, 4.69) is 31.2 Å². The van der Waals surface area contributed by atoms with Crippen molar-refractivity contribution in [2.75, 3.05) is 0 Å². The molecule has 0 radical (unpaired) electrons. The molecular formula is C28H40FN. The zero-order valence-corrected chi connectivity index (χ0v) is 18.9. The van der Waals surface area contributed by atoms with Gasteiger partial charge in [0.15, 0.2) is 5.83 Å². The Kier molecular flexibility index (Phi) is 9.44. The van der Waals surface area contributed by atoms with Crippen LogP contribution in [0.25, 0.3) is 0 Å². The van der Waals surface area contributed by atoms with E-state index in [-0.39, 0.29) is 5.92 Å². The summed E-state index contributed by atoms with van der Waals surface area (Å²) in [6.45, 7) is 2.27. The van der Waals surface area contributed by atoms with Crippen LogP contribution in [0.2, 0.25) is 0 Å². The van der Waals surface area contributed by atoms with Crippen LogP contribution < -0.4 is 0 Å². The molecule has 0 bridgehead atoms. The number of nitriles is 1. The van der Waals surface area contributed by atoms with Crippen LogP contribution in [-0.4, -0.2) is 0 Å². The Morgan fingerprint density at radius 1 is 0.900 bits per heavy atom. The summed E-state index contributed by atoms with van der Waals surface area (Å²) in [5, 5.41) is 8.63. The van der Waals surface area contributed by atoms with Crippen molar-refractivity contribution < 1.29 is 4.39 Å². The quantitative estimate of drug-likeness (QED) is 0.296. The highest BCUT2D eigenvalue weighted by Gasteiger charge is 2.31. The van der Waals surface area contributed by atoms with Crippen molar-refractivity contribution >= 4 is 0 Å². The molecule has 0 aromatic heterocycles. The number of hydrogen-bond donors (Lipinski definition) is 0. The van der Waals surface area contributed by atoms with Crippen LogP contribution in [0.3, 0.4) is 0 Å². The minimum atomic E-state index is -0.596. The molecule has 2 fully saturated rings. The van der Waals surface area contributed by atoms with Gasteiger partial charge in [-0.3, -0.25) is 0 Å². The molecule has 0 amide bonds. The van der Waals surface area contributed by atoms with E-state index in [0.717, 1.165) is 30.6 Å². The predicted octanol–water partition coefficient (Wildman–Crippen LogP) is 8.66. The van der Waals surface area contributed by atoms with Gasteiger partial charge in [0.1, 0.15) is 6.07 Å². The Morgan fingerprint density at radius 3 is 2.10 bits per heavy atom. The molecule has 164 valence electrons. The van der Waals surface area contributed by atoms with Gasteiger partial charge in [-0.25, -0.2) is 0 Å². The van der Waals surface area contributed by atoms with Crippen molar-refractivity contribution in [2.24, 2.45) is 17.8 Å². The molecule has 2 heteroatoms. The van der Waals surface area contributed by atoms with Crippen LogP contribution in [0.4, 0.5) is 4.39 Å². The summed E-state index contributed by atoms with van der Waals surface area (Å²) in [6.07, 6.45) is 19.4. The number of allylic oxidation sites excluding steroid dienone is 2. The van der Waals surface area contributed by atoms with E-state index < -0.39 is 5.83 Å². The summed E-state index contributed by atoms with van der Waals surface area (Å²) in [7, 11) is 0. The number of halogens is 1. The molecule has 1 aromatic rings. The molecule has 2 aliphatic carbocycles. The number of aryl methyl sites for hydroxylation is 1. The summed E-state index contributed by atoms with van der Waals surface area (Å²) in [5.74, 6) is 2.10. The fourth-order valence-corrected chi connectivity index (χ4v) is 5.84. The van der Waals surface area contributed by atoms with Gasteiger partial charge in [-0.1, -0.05) is 56.9 Å². The number of hydrogen-bond acceptors (Lipinski definition) is 1. The second-order valence-corrected chi connectivity index (χ2v) is 9.82. The standard InChI is InChI=1S/C28H40FN/c1-2-3-4-5-6-7-22-8-12-24(13-9-22)26-16-18-27(19-17-26)25-14-10-23(11-15-25)20-28(29)21-30/h8-9,12-13,20,23,25-27H,2-7,10-11,14-19H2,1H3. The molecule has 1 aromatic carbocycles. The van der Waals surface area contributed by atoms with E-state index in [9.17, 15) is 4.39 Å². The zero-order valence-electron chi connectivity index (χ0n) is 18.9. The molecule has 2 saturated carbocycles. The van der Waals surface area contributed by atoms with Crippen LogP contribution in [0, 0.1) is 29.1 Å². The average molecular weight is 410 g/mol. The van der Waals surface area contributed by atoms with Crippen LogP contribution >= 0.6 is 0 Å². The Hall–Kier alpha value is -1.62. The number of benzene rings is 1. The Balaban J connectivity index is 1.39. The topological polar surface area (TPSA) is 23.8 Å². The summed E-state index contributed by atoms with van der Waals surface area (Å²) < 4.78 is 13.2. The second kappa shape index (κ2) is 12.3. The molecule has 2 aliphatic rings. The van der Waals surface area contributed by atoms with Crippen LogP contribution in [0.15, 0.2) is 36.2 Å². The molecule has 0 N–H and O–H groups in total. The molecule has 30 heavy (non-hydrogen) atoms. The first kappa shape index (κ1) is 23.1. The number of nitrogens with zero attached hydrogens (tertiary/aromatic N) is 1. The Morgan fingerprint density at radius 2 is 1.50 bits per heavy atom. The van der Waals surface area contributed by atoms with E-state index in [0.29, 0.717) is 0 Å². The summed E-state index contributed by atoms with van der Waals surface area (Å²) in [5.41, 5.74) is 3.05. The van der Waals surface area contributed by atoms with E-state index in [1.807, 2.05) is 0 Å². The first-order chi connectivity index (χ1) is 14.7. The molecule has 3 rings (SSSR count). The average Bonchev–Trinajstić information content (AvgIpc) is 2.80. The van der Waals surface area contributed by atoms with Gasteiger partial charge in [0, 0.05) is 0 Å². The third-order valence-electron chi connectivity index (χ3n) is 7.76. The second-order valence-electron chi connectivity index (χ2n) is 9.82. The lowest BCUT2D eigenvalue weighted by Crippen LogP contribution is -2.25. The van der Waals surface area contributed by atoms with Gasteiger partial charge >= 0.3 is 0 Å². The van der Waals surface area contributed by atoms with Crippen molar-refractivity contribution in [3.8, 4) is 6.07 Å². The maximum absolute atomic E-state index is 13.2. The molecule has 0 unspecified atom stereocenters. The van der Waals surface area contributed by atoms with Crippen molar-refractivity contribution in [1.29, 1.82) is 5.26 Å². The normalized spacial score (nSPS) is 27.6. The summed E-state index contributed by atoms with van der Waals surface area (Å²) in [6, 6.07) is 11.2. The molecule has 0 atom stereocenters. The van der Waals surface area contributed by atoms with Gasteiger partial charge < -0.3 is 0 Å². The lowest BCUT2D eigenvalue weighted by atomic mass is 9.68. The minimum absolute atomic E-state index is 0.280. The first-order valence-electron chi connectivity index (χ1n) is 12.6. The van der Waals surface area contributed by atoms with Crippen molar-refractivity contribution in [1.82, 2.24) is 0 Å². The van der Waals surface area contributed by atoms with E-state index in [1.165, 1.54) is 82.6 Å². The van der Waals surface area contributed by atoms with Gasteiger partial charge in [-0.2, -0.15) is 9.65 Å². The zero-order chi connectivity index (χ0) is 21.2. The number of unbranched alkanes of at least 4 members (excludes halogenated alkanes) is 4. The van der Waals surface area contributed by atoms with Crippen LogP contribution in [-0.2, 0) is 6.42 Å². The van der Waals surface area contributed by atoms with Crippen LogP contribution in [0.5, 0.6) is 0 Å². The number of rotatable bonds is 9. The highest BCUT2D eigenvalue weighted by Crippen LogP contribution is 2.44. The first-order valence-corrected chi connectivity index (χ1v) is 12.6. The van der Waals surface area contributed by atoms with Crippen molar-refractivity contribution in [3.05, 3.63) is 47.3 Å². The van der Waals surface area contributed by atoms with E-state index in [1.54, 1.807) is 17.7 Å². The summed E-state index contributed by atoms with van der Waals surface area (Å²) in [4.78, 5) is 0. The Labute approximate surface area is 183 Å².